The first-order valence-electron chi connectivity index (χ1n) is 4.40. The molecule has 1 aromatic heterocycles. The second kappa shape index (κ2) is 5.70. The number of aromatic nitrogens is 2. The minimum absolute atomic E-state index is 0.546. The van der Waals surface area contributed by atoms with Gasteiger partial charge >= 0.3 is 0 Å². The van der Waals surface area contributed by atoms with Crippen molar-refractivity contribution in [2.75, 3.05) is 25.2 Å². The van der Waals surface area contributed by atoms with E-state index >= 15 is 0 Å². The fourth-order valence-corrected chi connectivity index (χ4v) is 1.11. The van der Waals surface area contributed by atoms with Crippen LogP contribution in [0.15, 0.2) is 12.3 Å². The van der Waals surface area contributed by atoms with Crippen molar-refractivity contribution >= 4 is 17.7 Å². The van der Waals surface area contributed by atoms with Gasteiger partial charge in [-0.25, -0.2) is 4.98 Å². The van der Waals surface area contributed by atoms with Crippen molar-refractivity contribution in [1.29, 1.82) is 0 Å². The highest BCUT2D eigenvalue weighted by Gasteiger charge is 2.01. The molecular formula is C9H15N3OS. The van der Waals surface area contributed by atoms with E-state index in [-0.39, 0.29) is 0 Å². The maximum atomic E-state index is 4.99. The van der Waals surface area contributed by atoms with Crippen LogP contribution in [0.1, 0.15) is 6.92 Å². The third kappa shape index (κ3) is 3.41. The van der Waals surface area contributed by atoms with Gasteiger partial charge in [0.2, 0.25) is 11.8 Å². The summed E-state index contributed by atoms with van der Waals surface area (Å²) in [5.74, 6) is 1.20. The van der Waals surface area contributed by atoms with Crippen molar-refractivity contribution in [3.05, 3.63) is 12.3 Å². The summed E-state index contributed by atoms with van der Waals surface area (Å²) < 4.78 is 4.99. The summed E-state index contributed by atoms with van der Waals surface area (Å²) in [6.07, 6.45) is 3.76. The van der Waals surface area contributed by atoms with Gasteiger partial charge in [0.25, 0.3) is 0 Å². The van der Waals surface area contributed by atoms with E-state index in [0.29, 0.717) is 17.1 Å². The van der Waals surface area contributed by atoms with Crippen molar-refractivity contribution in [2.24, 2.45) is 0 Å². The molecule has 0 aliphatic rings. The van der Waals surface area contributed by atoms with Crippen molar-refractivity contribution in [3.63, 3.8) is 0 Å². The Labute approximate surface area is 88.5 Å². The molecule has 0 aromatic carbocycles. The fraction of sp³-hybridized carbons (Fsp3) is 0.556. The normalized spacial score (nSPS) is 12.2. The first-order valence-corrected chi connectivity index (χ1v) is 5.68. The highest BCUT2D eigenvalue weighted by molar-refractivity contribution is 7.99. The van der Waals surface area contributed by atoms with Crippen molar-refractivity contribution < 1.29 is 4.74 Å². The third-order valence-corrected chi connectivity index (χ3v) is 2.76. The molecule has 0 aliphatic carbocycles. The number of anilines is 1. The summed E-state index contributed by atoms with van der Waals surface area (Å²) >= 11 is 1.80. The molecule has 5 heteroatoms. The highest BCUT2D eigenvalue weighted by Crippen LogP contribution is 2.09. The van der Waals surface area contributed by atoms with Gasteiger partial charge in [0.1, 0.15) is 0 Å². The van der Waals surface area contributed by atoms with E-state index in [9.17, 15) is 0 Å². The Morgan fingerprint density at radius 2 is 2.43 bits per heavy atom. The van der Waals surface area contributed by atoms with E-state index in [2.05, 4.69) is 28.5 Å². The number of rotatable bonds is 5. The van der Waals surface area contributed by atoms with Crippen molar-refractivity contribution in [1.82, 2.24) is 9.97 Å². The van der Waals surface area contributed by atoms with Gasteiger partial charge in [0, 0.05) is 24.1 Å². The van der Waals surface area contributed by atoms with Crippen LogP contribution in [0, 0.1) is 0 Å². The number of hydrogen-bond donors (Lipinski definition) is 1. The lowest BCUT2D eigenvalue weighted by atomic mass is 10.5. The Morgan fingerprint density at radius 1 is 1.64 bits per heavy atom. The zero-order valence-electron chi connectivity index (χ0n) is 8.65. The summed E-state index contributed by atoms with van der Waals surface area (Å²) in [7, 11) is 1.59. The zero-order chi connectivity index (χ0) is 10.4. The molecular weight excluding hydrogens is 198 g/mol. The monoisotopic (exact) mass is 213 g/mol. The predicted molar refractivity (Wildman–Crippen MR) is 60.1 cm³/mol. The Bertz CT molecular complexity index is 283. The molecule has 4 nitrogen and oxygen atoms in total. The van der Waals surface area contributed by atoms with Crippen molar-refractivity contribution in [2.45, 2.75) is 12.2 Å². The van der Waals surface area contributed by atoms with Gasteiger partial charge in [0.05, 0.1) is 7.11 Å². The van der Waals surface area contributed by atoms with Crippen LogP contribution in [0.25, 0.3) is 0 Å². The topological polar surface area (TPSA) is 47.0 Å². The van der Waals surface area contributed by atoms with Crippen LogP contribution in [-0.4, -0.2) is 35.1 Å². The molecule has 14 heavy (non-hydrogen) atoms. The molecule has 1 aromatic rings. The SMILES string of the molecule is COc1ccnc(NCC(C)SC)n1. The number of ether oxygens (including phenoxy) is 1. The lowest BCUT2D eigenvalue weighted by molar-refractivity contribution is 0.397. The maximum Gasteiger partial charge on any atom is 0.225 e. The smallest absolute Gasteiger partial charge is 0.225 e. The lowest BCUT2D eigenvalue weighted by Gasteiger charge is -2.09. The molecule has 0 aliphatic heterocycles. The summed E-state index contributed by atoms with van der Waals surface area (Å²) in [5.41, 5.74) is 0. The van der Waals surface area contributed by atoms with E-state index in [4.69, 9.17) is 4.74 Å². The first-order chi connectivity index (χ1) is 6.76. The Balaban J connectivity index is 2.50. The van der Waals surface area contributed by atoms with Gasteiger partial charge in [-0.3, -0.25) is 0 Å². The molecule has 0 bridgehead atoms. The average molecular weight is 213 g/mol. The number of thioether (sulfide) groups is 1. The lowest BCUT2D eigenvalue weighted by Crippen LogP contribution is -2.14. The van der Waals surface area contributed by atoms with Crippen molar-refractivity contribution in [3.8, 4) is 5.88 Å². The molecule has 0 saturated carbocycles. The molecule has 0 spiro atoms. The average Bonchev–Trinajstić information content (AvgIpc) is 2.26. The minimum Gasteiger partial charge on any atom is -0.481 e. The zero-order valence-corrected chi connectivity index (χ0v) is 9.47. The second-order valence-electron chi connectivity index (χ2n) is 2.85. The van der Waals surface area contributed by atoms with Gasteiger partial charge in [-0.15, -0.1) is 0 Å². The molecule has 78 valence electrons. The number of nitrogens with one attached hydrogen (secondary N) is 1. The molecule has 1 rings (SSSR count). The van der Waals surface area contributed by atoms with Crippen LogP contribution in [0.3, 0.4) is 0 Å². The fourth-order valence-electron chi connectivity index (χ4n) is 0.859. The van der Waals surface area contributed by atoms with E-state index in [0.717, 1.165) is 6.54 Å². The van der Waals surface area contributed by atoms with Crippen LogP contribution >= 0.6 is 11.8 Å². The molecule has 1 unspecified atom stereocenters. The van der Waals surface area contributed by atoms with Crippen LogP contribution in [-0.2, 0) is 0 Å². The molecule has 0 radical (unpaired) electrons. The molecule has 1 atom stereocenters. The van der Waals surface area contributed by atoms with E-state index in [1.54, 1.807) is 31.1 Å². The van der Waals surface area contributed by atoms with E-state index in [1.165, 1.54) is 0 Å². The van der Waals surface area contributed by atoms with E-state index in [1.807, 2.05) is 0 Å². The highest BCUT2D eigenvalue weighted by atomic mass is 32.2. The summed E-state index contributed by atoms with van der Waals surface area (Å²) in [6, 6.07) is 1.73. The Morgan fingerprint density at radius 3 is 3.07 bits per heavy atom. The van der Waals surface area contributed by atoms with E-state index < -0.39 is 0 Å². The van der Waals surface area contributed by atoms with Gasteiger partial charge < -0.3 is 10.1 Å². The largest absolute Gasteiger partial charge is 0.481 e. The molecule has 1 N–H and O–H groups in total. The number of methoxy groups -OCH3 is 1. The molecule has 0 saturated heterocycles. The summed E-state index contributed by atoms with van der Waals surface area (Å²) in [6.45, 7) is 3.01. The van der Waals surface area contributed by atoms with Crippen LogP contribution in [0.4, 0.5) is 5.95 Å². The molecule has 0 amide bonds. The standard InChI is InChI=1S/C9H15N3OS/c1-7(14-3)6-11-9-10-5-4-8(12-9)13-2/h4-5,7H,6H2,1-3H3,(H,10,11,12). The van der Waals surface area contributed by atoms with Gasteiger partial charge in [0.15, 0.2) is 0 Å². The van der Waals surface area contributed by atoms with Gasteiger partial charge in [-0.1, -0.05) is 6.92 Å². The number of nitrogens with zero attached hydrogens (tertiary/aromatic N) is 2. The van der Waals surface area contributed by atoms with Crippen LogP contribution < -0.4 is 10.1 Å². The molecule has 0 fully saturated rings. The minimum atomic E-state index is 0.546. The quantitative estimate of drug-likeness (QED) is 0.806. The first kappa shape index (κ1) is 11.1. The second-order valence-corrected chi connectivity index (χ2v) is 4.13. The predicted octanol–water partition coefficient (Wildman–Crippen LogP) is 1.65. The Hall–Kier alpha value is -0.970. The third-order valence-electron chi connectivity index (χ3n) is 1.79. The van der Waals surface area contributed by atoms with Crippen LogP contribution in [0.2, 0.25) is 0 Å². The number of hydrogen-bond acceptors (Lipinski definition) is 5. The molecule has 1 heterocycles. The summed E-state index contributed by atoms with van der Waals surface area (Å²) in [4.78, 5) is 8.23. The summed E-state index contributed by atoms with van der Waals surface area (Å²) in [5, 5.41) is 3.69. The van der Waals surface area contributed by atoms with Gasteiger partial charge in [-0.2, -0.15) is 16.7 Å². The Kier molecular flexibility index (Phi) is 4.52. The maximum absolute atomic E-state index is 4.99. The van der Waals surface area contributed by atoms with Gasteiger partial charge in [-0.05, 0) is 6.26 Å². The van der Waals surface area contributed by atoms with Crippen LogP contribution in [0.5, 0.6) is 5.88 Å².